The maximum absolute atomic E-state index is 11.6. The molecule has 0 radical (unpaired) electrons. The molecule has 2 atom stereocenters. The standard InChI is InChI=1S/C14H26O4/c1-5-7-8-10-13(15)17-12(4)18-14(16)11(3)9-6-2/h11-12H,5-10H2,1-4H3. The molecule has 4 heteroatoms. The Morgan fingerprint density at radius 2 is 1.67 bits per heavy atom. The highest BCUT2D eigenvalue weighted by molar-refractivity contribution is 5.73. The third-order valence-electron chi connectivity index (χ3n) is 2.69. The highest BCUT2D eigenvalue weighted by Gasteiger charge is 2.18. The summed E-state index contributed by atoms with van der Waals surface area (Å²) in [4.78, 5) is 23.0. The Morgan fingerprint density at radius 1 is 1.00 bits per heavy atom. The van der Waals surface area contributed by atoms with Crippen molar-refractivity contribution in [3.05, 3.63) is 0 Å². The van der Waals surface area contributed by atoms with Crippen LogP contribution in [0.5, 0.6) is 0 Å². The molecule has 4 nitrogen and oxygen atoms in total. The van der Waals surface area contributed by atoms with Crippen LogP contribution in [0.3, 0.4) is 0 Å². The minimum Gasteiger partial charge on any atom is -0.425 e. The lowest BCUT2D eigenvalue weighted by molar-refractivity contribution is -0.187. The first-order valence-electron chi connectivity index (χ1n) is 6.91. The Hall–Kier alpha value is -1.06. The molecular formula is C14H26O4. The molecule has 0 aliphatic heterocycles. The number of hydrogen-bond donors (Lipinski definition) is 0. The van der Waals surface area contributed by atoms with E-state index in [2.05, 4.69) is 6.92 Å². The lowest BCUT2D eigenvalue weighted by atomic mass is 10.1. The molecule has 0 aromatic rings. The Balaban J connectivity index is 3.84. The van der Waals surface area contributed by atoms with Gasteiger partial charge in [-0.25, -0.2) is 0 Å². The van der Waals surface area contributed by atoms with Gasteiger partial charge in [0.2, 0.25) is 6.29 Å². The number of unbranched alkanes of at least 4 members (excludes halogenated alkanes) is 2. The third-order valence-corrected chi connectivity index (χ3v) is 2.69. The van der Waals surface area contributed by atoms with Gasteiger partial charge in [-0.2, -0.15) is 0 Å². The molecule has 18 heavy (non-hydrogen) atoms. The topological polar surface area (TPSA) is 52.6 Å². The summed E-state index contributed by atoms with van der Waals surface area (Å²) in [7, 11) is 0. The van der Waals surface area contributed by atoms with Crippen LogP contribution in [0, 0.1) is 5.92 Å². The minimum atomic E-state index is -0.786. The number of carbonyl (C=O) groups is 2. The molecule has 2 unspecified atom stereocenters. The molecule has 0 heterocycles. The van der Waals surface area contributed by atoms with Gasteiger partial charge in [-0.15, -0.1) is 0 Å². The number of esters is 2. The van der Waals surface area contributed by atoms with Crippen LogP contribution in [0.4, 0.5) is 0 Å². The number of rotatable bonds is 9. The van der Waals surface area contributed by atoms with Crippen molar-refractivity contribution >= 4 is 11.9 Å². The second-order valence-electron chi connectivity index (χ2n) is 4.64. The molecule has 0 aliphatic rings. The maximum atomic E-state index is 11.6. The zero-order chi connectivity index (χ0) is 14.0. The Labute approximate surface area is 110 Å². The van der Waals surface area contributed by atoms with Crippen molar-refractivity contribution in [2.24, 2.45) is 5.92 Å². The fraction of sp³-hybridized carbons (Fsp3) is 0.857. The van der Waals surface area contributed by atoms with E-state index in [0.29, 0.717) is 6.42 Å². The highest BCUT2D eigenvalue weighted by Crippen LogP contribution is 2.10. The molecule has 0 aliphatic carbocycles. The second-order valence-corrected chi connectivity index (χ2v) is 4.64. The van der Waals surface area contributed by atoms with Gasteiger partial charge in [-0.3, -0.25) is 9.59 Å². The number of ether oxygens (including phenoxy) is 2. The monoisotopic (exact) mass is 258 g/mol. The molecule has 0 bridgehead atoms. The van der Waals surface area contributed by atoms with Crippen molar-refractivity contribution in [3.63, 3.8) is 0 Å². The summed E-state index contributed by atoms with van der Waals surface area (Å²) in [6, 6.07) is 0. The molecule has 0 saturated carbocycles. The van der Waals surface area contributed by atoms with Crippen molar-refractivity contribution in [2.45, 2.75) is 72.5 Å². The van der Waals surface area contributed by atoms with E-state index in [9.17, 15) is 9.59 Å². The predicted molar refractivity (Wildman–Crippen MR) is 69.9 cm³/mol. The van der Waals surface area contributed by atoms with Gasteiger partial charge in [0.1, 0.15) is 0 Å². The first-order chi connectivity index (χ1) is 8.51. The first-order valence-corrected chi connectivity index (χ1v) is 6.91. The van der Waals surface area contributed by atoms with Crippen LogP contribution in [0.2, 0.25) is 0 Å². The van der Waals surface area contributed by atoms with Crippen molar-refractivity contribution in [1.29, 1.82) is 0 Å². The quantitative estimate of drug-likeness (QED) is 0.361. The largest absolute Gasteiger partial charge is 0.425 e. The molecule has 0 saturated heterocycles. The van der Waals surface area contributed by atoms with Crippen LogP contribution in [-0.2, 0) is 19.1 Å². The highest BCUT2D eigenvalue weighted by atomic mass is 16.7. The molecule has 106 valence electrons. The van der Waals surface area contributed by atoms with E-state index in [4.69, 9.17) is 9.47 Å². The van der Waals surface area contributed by atoms with Crippen LogP contribution in [0.1, 0.15) is 66.2 Å². The van der Waals surface area contributed by atoms with E-state index in [-0.39, 0.29) is 17.9 Å². The average Bonchev–Trinajstić information content (AvgIpc) is 2.29. The maximum Gasteiger partial charge on any atom is 0.311 e. The van der Waals surface area contributed by atoms with E-state index in [0.717, 1.165) is 32.1 Å². The number of carbonyl (C=O) groups excluding carboxylic acids is 2. The third kappa shape index (κ3) is 8.09. The summed E-state index contributed by atoms with van der Waals surface area (Å²) >= 11 is 0. The van der Waals surface area contributed by atoms with Gasteiger partial charge >= 0.3 is 11.9 Å². The fourth-order valence-corrected chi connectivity index (χ4v) is 1.62. The second kappa shape index (κ2) is 9.92. The van der Waals surface area contributed by atoms with E-state index < -0.39 is 6.29 Å². The van der Waals surface area contributed by atoms with Crippen molar-refractivity contribution in [2.75, 3.05) is 0 Å². The summed E-state index contributed by atoms with van der Waals surface area (Å²) in [5, 5.41) is 0. The van der Waals surface area contributed by atoms with Crippen molar-refractivity contribution in [1.82, 2.24) is 0 Å². The van der Waals surface area contributed by atoms with Gasteiger partial charge in [0.05, 0.1) is 5.92 Å². The lowest BCUT2D eigenvalue weighted by Crippen LogP contribution is -2.25. The van der Waals surface area contributed by atoms with Crippen LogP contribution < -0.4 is 0 Å². The van der Waals surface area contributed by atoms with Crippen LogP contribution >= 0.6 is 0 Å². The molecule has 0 amide bonds. The molecule has 0 N–H and O–H groups in total. The van der Waals surface area contributed by atoms with Crippen molar-refractivity contribution < 1.29 is 19.1 Å². The van der Waals surface area contributed by atoms with Crippen LogP contribution in [-0.4, -0.2) is 18.2 Å². The van der Waals surface area contributed by atoms with E-state index in [1.54, 1.807) is 6.92 Å². The molecule has 0 fully saturated rings. The lowest BCUT2D eigenvalue weighted by Gasteiger charge is -2.16. The SMILES string of the molecule is CCCCCC(=O)OC(C)OC(=O)C(C)CCC. The smallest absolute Gasteiger partial charge is 0.311 e. The Morgan fingerprint density at radius 3 is 2.22 bits per heavy atom. The zero-order valence-electron chi connectivity index (χ0n) is 12.0. The summed E-state index contributed by atoms with van der Waals surface area (Å²) in [6.07, 6.45) is 4.22. The Kier molecular flexibility index (Phi) is 9.33. The minimum absolute atomic E-state index is 0.142. The van der Waals surface area contributed by atoms with Gasteiger partial charge in [0.25, 0.3) is 0 Å². The summed E-state index contributed by atoms with van der Waals surface area (Å²) < 4.78 is 10.1. The van der Waals surface area contributed by atoms with Crippen LogP contribution in [0.25, 0.3) is 0 Å². The van der Waals surface area contributed by atoms with Crippen LogP contribution in [0.15, 0.2) is 0 Å². The van der Waals surface area contributed by atoms with Gasteiger partial charge in [0.15, 0.2) is 0 Å². The average molecular weight is 258 g/mol. The summed E-state index contributed by atoms with van der Waals surface area (Å²) in [5.74, 6) is -0.742. The normalized spacial score (nSPS) is 13.8. The Bertz CT molecular complexity index is 250. The van der Waals surface area contributed by atoms with Gasteiger partial charge in [0, 0.05) is 13.3 Å². The van der Waals surface area contributed by atoms with E-state index in [1.807, 2.05) is 13.8 Å². The summed E-state index contributed by atoms with van der Waals surface area (Å²) in [6.45, 7) is 7.49. The van der Waals surface area contributed by atoms with Gasteiger partial charge in [-0.05, 0) is 12.8 Å². The first kappa shape index (κ1) is 16.9. The van der Waals surface area contributed by atoms with E-state index >= 15 is 0 Å². The fourth-order valence-electron chi connectivity index (χ4n) is 1.62. The van der Waals surface area contributed by atoms with Crippen molar-refractivity contribution in [3.8, 4) is 0 Å². The van der Waals surface area contributed by atoms with Gasteiger partial charge < -0.3 is 9.47 Å². The summed E-state index contributed by atoms with van der Waals surface area (Å²) in [5.41, 5.74) is 0. The van der Waals surface area contributed by atoms with E-state index in [1.165, 1.54) is 0 Å². The predicted octanol–water partition coefficient (Wildman–Crippen LogP) is 3.44. The zero-order valence-corrected chi connectivity index (χ0v) is 12.0. The number of hydrogen-bond acceptors (Lipinski definition) is 4. The van der Waals surface area contributed by atoms with Gasteiger partial charge in [-0.1, -0.05) is 40.0 Å². The molecule has 0 rings (SSSR count). The molecular weight excluding hydrogens is 232 g/mol. The molecule has 0 aromatic heterocycles. The molecule has 0 spiro atoms. The molecule has 0 aromatic carbocycles.